The van der Waals surface area contributed by atoms with Crippen LogP contribution in [0.5, 0.6) is 0 Å². The van der Waals surface area contributed by atoms with E-state index < -0.39 is 29.9 Å². The van der Waals surface area contributed by atoms with Gasteiger partial charge in [0.2, 0.25) is 0 Å². The predicted octanol–water partition coefficient (Wildman–Crippen LogP) is 3.48. The van der Waals surface area contributed by atoms with Gasteiger partial charge in [0.25, 0.3) is 0 Å². The van der Waals surface area contributed by atoms with Crippen LogP contribution < -0.4 is 5.32 Å². The van der Waals surface area contributed by atoms with E-state index in [1.807, 2.05) is 30.3 Å². The van der Waals surface area contributed by atoms with Crippen LogP contribution in [0.2, 0.25) is 0 Å². The van der Waals surface area contributed by atoms with Crippen LogP contribution in [-0.2, 0) is 16.1 Å². The molecule has 1 unspecified atom stereocenters. The van der Waals surface area contributed by atoms with Crippen molar-refractivity contribution in [2.75, 3.05) is 13.1 Å². The Morgan fingerprint density at radius 2 is 1.93 bits per heavy atom. The second-order valence-corrected chi connectivity index (χ2v) is 7.42. The molecule has 0 heterocycles. The number of nitrogens with zero attached hydrogens (tertiary/aromatic N) is 1. The van der Waals surface area contributed by atoms with Gasteiger partial charge in [0.1, 0.15) is 12.2 Å². The van der Waals surface area contributed by atoms with Crippen molar-refractivity contribution in [1.29, 1.82) is 0 Å². The summed E-state index contributed by atoms with van der Waals surface area (Å²) in [5.74, 6) is 0. The van der Waals surface area contributed by atoms with Crippen molar-refractivity contribution in [3.8, 4) is 0 Å². The van der Waals surface area contributed by atoms with Crippen LogP contribution in [0.1, 0.15) is 39.7 Å². The summed E-state index contributed by atoms with van der Waals surface area (Å²) in [5, 5.41) is 13.0. The maximum Gasteiger partial charge on any atom is 0.410 e. The Morgan fingerprint density at radius 3 is 2.46 bits per heavy atom. The van der Waals surface area contributed by atoms with Gasteiger partial charge in [-0.1, -0.05) is 36.4 Å². The van der Waals surface area contributed by atoms with E-state index in [0.717, 1.165) is 5.56 Å². The molecule has 7 nitrogen and oxygen atoms in total. The molecule has 0 aliphatic heterocycles. The summed E-state index contributed by atoms with van der Waals surface area (Å²) in [6, 6.07) is 8.55. The van der Waals surface area contributed by atoms with Gasteiger partial charge in [-0.3, -0.25) is 0 Å². The number of rotatable bonds is 9. The van der Waals surface area contributed by atoms with Gasteiger partial charge in [-0.15, -0.1) is 6.58 Å². The van der Waals surface area contributed by atoms with Gasteiger partial charge in [0.05, 0.1) is 12.1 Å². The minimum Gasteiger partial charge on any atom is -0.445 e. The van der Waals surface area contributed by atoms with Gasteiger partial charge in [0.15, 0.2) is 0 Å². The van der Waals surface area contributed by atoms with Crippen LogP contribution in [0.3, 0.4) is 0 Å². The van der Waals surface area contributed by atoms with E-state index in [0.29, 0.717) is 6.54 Å². The summed E-state index contributed by atoms with van der Waals surface area (Å²) in [6.45, 7) is 11.3. The van der Waals surface area contributed by atoms with Gasteiger partial charge in [0, 0.05) is 13.1 Å². The topological polar surface area (TPSA) is 88.1 Å². The first-order valence-corrected chi connectivity index (χ1v) is 9.40. The number of ether oxygens (including phenoxy) is 2. The molecule has 156 valence electrons. The molecule has 0 fully saturated rings. The highest BCUT2D eigenvalue weighted by molar-refractivity contribution is 5.69. The monoisotopic (exact) mass is 392 g/mol. The zero-order valence-corrected chi connectivity index (χ0v) is 17.2. The Bertz CT molecular complexity index is 627. The number of benzene rings is 1. The first-order chi connectivity index (χ1) is 13.2. The quantitative estimate of drug-likeness (QED) is 0.628. The number of carbonyl (C=O) groups excluding carboxylic acids is 2. The number of hydrogen-bond donors (Lipinski definition) is 2. The van der Waals surface area contributed by atoms with E-state index in [1.165, 1.54) is 4.90 Å². The Labute approximate surface area is 167 Å². The smallest absolute Gasteiger partial charge is 0.410 e. The molecule has 0 aliphatic rings. The molecule has 0 aromatic heterocycles. The molecule has 7 heteroatoms. The third-order valence-electron chi connectivity index (χ3n) is 3.84. The molecular weight excluding hydrogens is 360 g/mol. The summed E-state index contributed by atoms with van der Waals surface area (Å²) < 4.78 is 10.6. The third-order valence-corrected chi connectivity index (χ3v) is 3.84. The lowest BCUT2D eigenvalue weighted by Gasteiger charge is -2.31. The number of hydrogen-bond acceptors (Lipinski definition) is 5. The highest BCUT2D eigenvalue weighted by Crippen LogP contribution is 2.12. The fraction of sp³-hybridized carbons (Fsp3) is 0.524. The molecule has 28 heavy (non-hydrogen) atoms. The number of aliphatic hydroxyl groups is 1. The summed E-state index contributed by atoms with van der Waals surface area (Å²) in [6.07, 6.45) is -0.283. The predicted molar refractivity (Wildman–Crippen MR) is 108 cm³/mol. The van der Waals surface area contributed by atoms with E-state index in [4.69, 9.17) is 9.47 Å². The zero-order chi connectivity index (χ0) is 21.2. The molecule has 0 saturated carbocycles. The number of amides is 2. The van der Waals surface area contributed by atoms with Gasteiger partial charge in [-0.25, -0.2) is 9.59 Å². The normalized spacial score (nSPS) is 13.2. The molecule has 0 aliphatic carbocycles. The zero-order valence-electron chi connectivity index (χ0n) is 17.2. The SMILES string of the molecule is C=CCC(O)[C@H](CN(CC)C(=O)OC(C)(C)C)NC(=O)OCc1ccccc1. The van der Waals surface area contributed by atoms with Crippen molar-refractivity contribution < 1.29 is 24.2 Å². The highest BCUT2D eigenvalue weighted by Gasteiger charge is 2.28. The van der Waals surface area contributed by atoms with Crippen LogP contribution in [-0.4, -0.2) is 53.0 Å². The Balaban J connectivity index is 2.74. The Morgan fingerprint density at radius 1 is 1.29 bits per heavy atom. The number of nitrogens with one attached hydrogen (secondary N) is 1. The van der Waals surface area contributed by atoms with Crippen LogP contribution in [0.15, 0.2) is 43.0 Å². The van der Waals surface area contributed by atoms with E-state index in [-0.39, 0.29) is 19.6 Å². The van der Waals surface area contributed by atoms with E-state index >= 15 is 0 Å². The fourth-order valence-corrected chi connectivity index (χ4v) is 2.41. The molecule has 0 saturated heterocycles. The Hall–Kier alpha value is -2.54. The lowest BCUT2D eigenvalue weighted by molar-refractivity contribution is 0.0187. The van der Waals surface area contributed by atoms with Gasteiger partial charge >= 0.3 is 12.2 Å². The first kappa shape index (κ1) is 23.5. The van der Waals surface area contributed by atoms with Crippen molar-refractivity contribution in [2.24, 2.45) is 0 Å². The molecule has 1 aromatic carbocycles. The minimum absolute atomic E-state index is 0.0842. The average molecular weight is 392 g/mol. The number of aliphatic hydroxyl groups excluding tert-OH is 1. The molecular formula is C21H32N2O5. The van der Waals surface area contributed by atoms with Gasteiger partial charge < -0.3 is 24.8 Å². The van der Waals surface area contributed by atoms with Crippen LogP contribution in [0.25, 0.3) is 0 Å². The van der Waals surface area contributed by atoms with Crippen molar-refractivity contribution in [3.63, 3.8) is 0 Å². The lowest BCUT2D eigenvalue weighted by Crippen LogP contribution is -2.52. The molecule has 0 bridgehead atoms. The molecule has 1 aromatic rings. The summed E-state index contributed by atoms with van der Waals surface area (Å²) in [5.41, 5.74) is 0.215. The second kappa shape index (κ2) is 11.3. The average Bonchev–Trinajstić information content (AvgIpc) is 2.62. The Kier molecular flexibility index (Phi) is 9.51. The standard InChI is InChI=1S/C21H32N2O5/c1-6-11-18(24)17(14-23(7-2)20(26)28-21(3,4)5)22-19(25)27-15-16-12-9-8-10-13-16/h6,8-10,12-13,17-18,24H,1,7,11,14-15H2,2-5H3,(H,22,25)/t17-,18?/m0/s1. The van der Waals surface area contributed by atoms with Crippen LogP contribution in [0.4, 0.5) is 9.59 Å². The fourth-order valence-electron chi connectivity index (χ4n) is 2.41. The summed E-state index contributed by atoms with van der Waals surface area (Å²) >= 11 is 0. The first-order valence-electron chi connectivity index (χ1n) is 9.40. The third kappa shape index (κ3) is 8.90. The maximum absolute atomic E-state index is 12.4. The van der Waals surface area contributed by atoms with Crippen LogP contribution in [0, 0.1) is 0 Å². The number of alkyl carbamates (subject to hydrolysis) is 1. The number of likely N-dealkylation sites (N-methyl/N-ethyl adjacent to an activating group) is 1. The van der Waals surface area contributed by atoms with Crippen molar-refractivity contribution in [2.45, 2.75) is 58.5 Å². The number of carbonyl (C=O) groups is 2. The molecule has 2 N–H and O–H groups in total. The van der Waals surface area contributed by atoms with E-state index in [9.17, 15) is 14.7 Å². The van der Waals surface area contributed by atoms with Gasteiger partial charge in [-0.05, 0) is 39.7 Å². The van der Waals surface area contributed by atoms with Crippen LogP contribution >= 0.6 is 0 Å². The summed E-state index contributed by atoms with van der Waals surface area (Å²) in [4.78, 5) is 26.0. The molecule has 2 amide bonds. The second-order valence-electron chi connectivity index (χ2n) is 7.42. The summed E-state index contributed by atoms with van der Waals surface area (Å²) in [7, 11) is 0. The highest BCUT2D eigenvalue weighted by atomic mass is 16.6. The molecule has 0 spiro atoms. The van der Waals surface area contributed by atoms with Gasteiger partial charge in [-0.2, -0.15) is 0 Å². The van der Waals surface area contributed by atoms with Crippen molar-refractivity contribution >= 4 is 12.2 Å². The largest absolute Gasteiger partial charge is 0.445 e. The molecule has 0 radical (unpaired) electrons. The molecule has 2 atom stereocenters. The maximum atomic E-state index is 12.4. The molecule has 1 rings (SSSR count). The lowest BCUT2D eigenvalue weighted by atomic mass is 10.1. The van der Waals surface area contributed by atoms with Crippen molar-refractivity contribution in [1.82, 2.24) is 10.2 Å². The minimum atomic E-state index is -0.918. The van der Waals surface area contributed by atoms with E-state index in [2.05, 4.69) is 11.9 Å². The van der Waals surface area contributed by atoms with E-state index in [1.54, 1.807) is 33.8 Å². The van der Waals surface area contributed by atoms with Crippen molar-refractivity contribution in [3.05, 3.63) is 48.6 Å².